The summed E-state index contributed by atoms with van der Waals surface area (Å²) in [5.74, 6) is 0.101. The summed E-state index contributed by atoms with van der Waals surface area (Å²) >= 11 is 0. The van der Waals surface area contributed by atoms with E-state index in [4.69, 9.17) is 0 Å². The minimum absolute atomic E-state index is 0.101. The van der Waals surface area contributed by atoms with Gasteiger partial charge < -0.3 is 0 Å². The molecule has 0 atom stereocenters. The second kappa shape index (κ2) is 6.53. The van der Waals surface area contributed by atoms with Crippen LogP contribution in [0.3, 0.4) is 0 Å². The average Bonchev–Trinajstić information content (AvgIpc) is 3.13. The predicted octanol–water partition coefficient (Wildman–Crippen LogP) is 4.97. The predicted molar refractivity (Wildman–Crippen MR) is 124 cm³/mol. The van der Waals surface area contributed by atoms with Crippen LogP contribution >= 0.6 is 0 Å². The van der Waals surface area contributed by atoms with E-state index >= 15 is 0 Å². The van der Waals surface area contributed by atoms with Gasteiger partial charge in [0.1, 0.15) is 0 Å². The quantitative estimate of drug-likeness (QED) is 0.394. The molecule has 1 nitrogen and oxygen atoms in total. The lowest BCUT2D eigenvalue weighted by Crippen LogP contribution is -2.27. The van der Waals surface area contributed by atoms with Crippen LogP contribution in [0.4, 0.5) is 0 Å². The van der Waals surface area contributed by atoms with E-state index in [1.54, 1.807) is 0 Å². The van der Waals surface area contributed by atoms with Gasteiger partial charge in [-0.15, -0.1) is 0 Å². The van der Waals surface area contributed by atoms with Gasteiger partial charge in [0.15, 0.2) is 5.78 Å². The Morgan fingerprint density at radius 1 is 0.367 bits per heavy atom. The van der Waals surface area contributed by atoms with Crippen LogP contribution in [0.1, 0.15) is 11.1 Å². The largest absolute Gasteiger partial charge is 0.289 e. The van der Waals surface area contributed by atoms with E-state index < -0.39 is 0 Å². The summed E-state index contributed by atoms with van der Waals surface area (Å²) in [6.45, 7) is 0. The van der Waals surface area contributed by atoms with Crippen LogP contribution in [0.2, 0.25) is 0 Å². The van der Waals surface area contributed by atoms with Crippen LogP contribution in [0.5, 0.6) is 0 Å². The standard InChI is InChI=1S/C29H18O/c30-29-25(19-11-3-1-4-12-19)27-23-17-9-7-15-21(23)22-16-8-10-18-24(22)28(27)26(29)20-13-5-2-6-14-20/h1-18H. The molecular formula is C29H18O. The molecule has 0 unspecified atom stereocenters. The van der Waals surface area contributed by atoms with E-state index in [1.165, 1.54) is 10.8 Å². The molecule has 0 saturated carbocycles. The fourth-order valence-electron chi connectivity index (χ4n) is 4.77. The molecule has 0 fully saturated rings. The first kappa shape index (κ1) is 16.9. The van der Waals surface area contributed by atoms with Gasteiger partial charge in [0.25, 0.3) is 0 Å². The molecule has 0 amide bonds. The minimum Gasteiger partial charge on any atom is -0.289 e. The van der Waals surface area contributed by atoms with Crippen molar-refractivity contribution in [3.63, 3.8) is 0 Å². The zero-order valence-corrected chi connectivity index (χ0v) is 16.3. The third-order valence-corrected chi connectivity index (χ3v) is 6.01. The van der Waals surface area contributed by atoms with Crippen LogP contribution in [-0.2, 0) is 4.79 Å². The van der Waals surface area contributed by atoms with Crippen LogP contribution in [0, 0.1) is 0 Å². The SMILES string of the molecule is O=C1C(c2ccccc2)=c2c(c3ccccc3c3ccccc23)=C1c1ccccc1. The van der Waals surface area contributed by atoms with Crippen LogP contribution < -0.4 is 10.4 Å². The topological polar surface area (TPSA) is 17.1 Å². The lowest BCUT2D eigenvalue weighted by atomic mass is 9.95. The van der Waals surface area contributed by atoms with E-state index in [0.29, 0.717) is 0 Å². The summed E-state index contributed by atoms with van der Waals surface area (Å²) in [4.78, 5) is 14.0. The number of hydrogen-bond acceptors (Lipinski definition) is 1. The Kier molecular flexibility index (Phi) is 3.69. The van der Waals surface area contributed by atoms with Gasteiger partial charge in [-0.3, -0.25) is 4.79 Å². The van der Waals surface area contributed by atoms with Crippen molar-refractivity contribution in [1.82, 2.24) is 0 Å². The van der Waals surface area contributed by atoms with Crippen molar-refractivity contribution < 1.29 is 4.79 Å². The molecule has 0 radical (unpaired) electrons. The lowest BCUT2D eigenvalue weighted by Gasteiger charge is -2.07. The van der Waals surface area contributed by atoms with Crippen molar-refractivity contribution in [2.45, 2.75) is 0 Å². The summed E-state index contributed by atoms with van der Waals surface area (Å²) in [6.07, 6.45) is 0. The minimum atomic E-state index is 0.101. The summed E-state index contributed by atoms with van der Waals surface area (Å²) in [6, 6.07) is 37.0. The molecule has 0 heterocycles. The molecular weight excluding hydrogens is 364 g/mol. The Morgan fingerprint density at radius 3 is 1.10 bits per heavy atom. The van der Waals surface area contributed by atoms with Gasteiger partial charge in [-0.05, 0) is 32.7 Å². The third kappa shape index (κ3) is 2.33. The number of Topliss-reactive ketones (excluding diaryl/α,β-unsaturated/α-hetero) is 1. The number of fused-ring (bicyclic) bond motifs is 6. The molecule has 5 aromatic carbocycles. The summed E-state index contributed by atoms with van der Waals surface area (Å²) < 4.78 is 0. The number of carbonyl (C=O) groups excluding carboxylic acids is 1. The molecule has 6 rings (SSSR count). The maximum absolute atomic E-state index is 14.0. The van der Waals surface area contributed by atoms with E-state index in [-0.39, 0.29) is 5.78 Å². The molecule has 0 bridgehead atoms. The molecule has 0 spiro atoms. The molecule has 140 valence electrons. The zero-order chi connectivity index (χ0) is 20.1. The first-order valence-electron chi connectivity index (χ1n) is 10.2. The molecule has 1 aliphatic rings. The second-order valence-electron chi connectivity index (χ2n) is 7.65. The smallest absolute Gasteiger partial charge is 0.195 e. The zero-order valence-electron chi connectivity index (χ0n) is 16.3. The van der Waals surface area contributed by atoms with Gasteiger partial charge >= 0.3 is 0 Å². The fourth-order valence-corrected chi connectivity index (χ4v) is 4.77. The maximum atomic E-state index is 14.0. The molecule has 5 aromatic rings. The first-order chi connectivity index (χ1) is 14.8. The van der Waals surface area contributed by atoms with Gasteiger partial charge in [0.05, 0.1) is 0 Å². The second-order valence-corrected chi connectivity index (χ2v) is 7.65. The van der Waals surface area contributed by atoms with E-state index in [1.807, 2.05) is 60.7 Å². The van der Waals surface area contributed by atoms with Gasteiger partial charge in [-0.2, -0.15) is 0 Å². The summed E-state index contributed by atoms with van der Waals surface area (Å²) in [7, 11) is 0. The van der Waals surface area contributed by atoms with E-state index in [9.17, 15) is 4.79 Å². The molecule has 1 heteroatoms. The highest BCUT2D eigenvalue weighted by Crippen LogP contribution is 2.29. The first-order valence-corrected chi connectivity index (χ1v) is 10.2. The van der Waals surface area contributed by atoms with Crippen molar-refractivity contribution in [1.29, 1.82) is 0 Å². The molecule has 0 aliphatic heterocycles. The monoisotopic (exact) mass is 382 g/mol. The Balaban J connectivity index is 1.97. The van der Waals surface area contributed by atoms with Crippen LogP contribution in [0.15, 0.2) is 109 Å². The molecule has 0 saturated heterocycles. The van der Waals surface area contributed by atoms with Gasteiger partial charge in [0.2, 0.25) is 0 Å². The Hall–Kier alpha value is -3.97. The maximum Gasteiger partial charge on any atom is 0.195 e. The highest BCUT2D eigenvalue weighted by molar-refractivity contribution is 6.45. The average molecular weight is 382 g/mol. The number of benzene rings is 5. The highest BCUT2D eigenvalue weighted by atomic mass is 16.1. The molecule has 30 heavy (non-hydrogen) atoms. The molecule has 1 aliphatic carbocycles. The van der Waals surface area contributed by atoms with E-state index in [0.717, 1.165) is 43.5 Å². The molecule has 0 aromatic heterocycles. The van der Waals surface area contributed by atoms with Crippen molar-refractivity contribution in [2.75, 3.05) is 0 Å². The Morgan fingerprint density at radius 2 is 0.700 bits per heavy atom. The Bertz CT molecular complexity index is 1460. The number of carbonyl (C=O) groups is 1. The number of ketones is 1. The van der Waals surface area contributed by atoms with E-state index in [2.05, 4.69) is 48.5 Å². The van der Waals surface area contributed by atoms with Crippen molar-refractivity contribution >= 4 is 38.5 Å². The van der Waals surface area contributed by atoms with Crippen molar-refractivity contribution in [3.05, 3.63) is 131 Å². The number of rotatable bonds is 2. The summed E-state index contributed by atoms with van der Waals surface area (Å²) in [5, 5.41) is 6.73. The lowest BCUT2D eigenvalue weighted by molar-refractivity contribution is -0.108. The van der Waals surface area contributed by atoms with Crippen LogP contribution in [0.25, 0.3) is 32.7 Å². The van der Waals surface area contributed by atoms with Crippen LogP contribution in [-0.4, -0.2) is 5.78 Å². The van der Waals surface area contributed by atoms with Crippen molar-refractivity contribution in [3.8, 4) is 0 Å². The molecule has 0 N–H and O–H groups in total. The highest BCUT2D eigenvalue weighted by Gasteiger charge is 2.28. The van der Waals surface area contributed by atoms with Gasteiger partial charge in [0, 0.05) is 21.6 Å². The summed E-state index contributed by atoms with van der Waals surface area (Å²) in [5.41, 5.74) is 3.53. The van der Waals surface area contributed by atoms with Gasteiger partial charge in [-0.1, -0.05) is 109 Å². The van der Waals surface area contributed by atoms with Crippen molar-refractivity contribution in [2.24, 2.45) is 0 Å². The van der Waals surface area contributed by atoms with Gasteiger partial charge in [-0.25, -0.2) is 0 Å². The Labute approximate surface area is 174 Å². The fraction of sp³-hybridized carbons (Fsp3) is 0. The third-order valence-electron chi connectivity index (χ3n) is 6.01. The normalized spacial score (nSPS) is 13.3. The number of hydrogen-bond donors (Lipinski definition) is 0.